The molecular formula is C12H16BrN3O2. The zero-order valence-electron chi connectivity index (χ0n) is 10.1. The third-order valence-corrected chi connectivity index (χ3v) is 3.29. The highest BCUT2D eigenvalue weighted by Gasteiger charge is 2.24. The molecule has 0 bridgehead atoms. The molecule has 1 aromatic rings. The van der Waals surface area contributed by atoms with E-state index in [2.05, 4.69) is 25.9 Å². The van der Waals surface area contributed by atoms with E-state index in [9.17, 15) is 4.79 Å². The normalized spacial score (nSPS) is 16.8. The van der Waals surface area contributed by atoms with Crippen molar-refractivity contribution in [3.63, 3.8) is 0 Å². The molecular weight excluding hydrogens is 298 g/mol. The van der Waals surface area contributed by atoms with E-state index in [4.69, 9.17) is 4.74 Å². The Kier molecular flexibility index (Phi) is 5.07. The summed E-state index contributed by atoms with van der Waals surface area (Å²) in [6, 6.07) is 0. The number of halogens is 1. The van der Waals surface area contributed by atoms with Gasteiger partial charge in [0.05, 0.1) is 18.3 Å². The Morgan fingerprint density at radius 2 is 2.06 bits per heavy atom. The molecule has 1 aliphatic rings. The van der Waals surface area contributed by atoms with Gasteiger partial charge in [-0.2, -0.15) is 0 Å². The van der Waals surface area contributed by atoms with Crippen molar-refractivity contribution in [1.82, 2.24) is 14.9 Å². The minimum atomic E-state index is 0.00883. The lowest BCUT2D eigenvalue weighted by Crippen LogP contribution is -2.41. The summed E-state index contributed by atoms with van der Waals surface area (Å²) in [7, 11) is 0. The van der Waals surface area contributed by atoms with Crippen LogP contribution in [0, 0.1) is 0 Å². The van der Waals surface area contributed by atoms with E-state index < -0.39 is 0 Å². The highest BCUT2D eigenvalue weighted by Crippen LogP contribution is 2.15. The van der Waals surface area contributed by atoms with Gasteiger partial charge in [-0.25, -0.2) is 9.97 Å². The smallest absolute Gasteiger partial charge is 0.256 e. The van der Waals surface area contributed by atoms with Crippen LogP contribution in [0.4, 0.5) is 0 Å². The quantitative estimate of drug-likeness (QED) is 0.790. The van der Waals surface area contributed by atoms with Gasteiger partial charge in [-0.1, -0.05) is 15.9 Å². The minimum Gasteiger partial charge on any atom is -0.377 e. The molecule has 98 valence electrons. The van der Waals surface area contributed by atoms with Gasteiger partial charge in [0.2, 0.25) is 0 Å². The van der Waals surface area contributed by atoms with Crippen molar-refractivity contribution in [2.75, 3.05) is 25.0 Å². The number of carbonyl (C=O) groups excluding carboxylic acids is 1. The molecule has 1 amide bonds. The van der Waals surface area contributed by atoms with Crippen molar-refractivity contribution in [1.29, 1.82) is 0 Å². The van der Waals surface area contributed by atoms with E-state index in [1.807, 2.05) is 4.90 Å². The number of piperidine rings is 1. The van der Waals surface area contributed by atoms with Crippen molar-refractivity contribution in [2.24, 2.45) is 0 Å². The average molecular weight is 314 g/mol. The van der Waals surface area contributed by atoms with Gasteiger partial charge in [-0.3, -0.25) is 4.79 Å². The van der Waals surface area contributed by atoms with E-state index in [1.165, 1.54) is 6.33 Å². The summed E-state index contributed by atoms with van der Waals surface area (Å²) in [5.41, 5.74) is 0.553. The maximum atomic E-state index is 12.1. The van der Waals surface area contributed by atoms with Gasteiger partial charge in [0.15, 0.2) is 0 Å². The second-order valence-electron chi connectivity index (χ2n) is 4.18. The van der Waals surface area contributed by atoms with Crippen LogP contribution in [0.5, 0.6) is 0 Å². The van der Waals surface area contributed by atoms with Crippen molar-refractivity contribution in [2.45, 2.75) is 18.9 Å². The Hall–Kier alpha value is -1.01. The molecule has 0 aliphatic carbocycles. The predicted octanol–water partition coefficient (Wildman–Crippen LogP) is 1.49. The number of nitrogens with zero attached hydrogens (tertiary/aromatic N) is 3. The van der Waals surface area contributed by atoms with Gasteiger partial charge in [0, 0.05) is 30.8 Å². The first-order valence-electron chi connectivity index (χ1n) is 6.03. The van der Waals surface area contributed by atoms with Crippen LogP contribution in [-0.2, 0) is 4.74 Å². The summed E-state index contributed by atoms with van der Waals surface area (Å²) in [5.74, 6) is 0.00883. The van der Waals surface area contributed by atoms with Crippen LogP contribution in [0.2, 0.25) is 0 Å². The number of hydrogen-bond acceptors (Lipinski definition) is 4. The zero-order valence-corrected chi connectivity index (χ0v) is 11.7. The summed E-state index contributed by atoms with van der Waals surface area (Å²) in [5, 5.41) is 0.855. The highest BCUT2D eigenvalue weighted by molar-refractivity contribution is 9.09. The van der Waals surface area contributed by atoms with Gasteiger partial charge in [0.25, 0.3) is 5.91 Å². The Morgan fingerprint density at radius 1 is 1.39 bits per heavy atom. The lowest BCUT2D eigenvalue weighted by Gasteiger charge is -2.31. The third-order valence-electron chi connectivity index (χ3n) is 2.97. The number of ether oxygens (including phenoxy) is 1. The molecule has 0 spiro atoms. The van der Waals surface area contributed by atoms with E-state index in [-0.39, 0.29) is 12.0 Å². The van der Waals surface area contributed by atoms with Crippen molar-refractivity contribution in [3.8, 4) is 0 Å². The van der Waals surface area contributed by atoms with E-state index in [0.717, 1.165) is 37.9 Å². The molecule has 1 saturated heterocycles. The van der Waals surface area contributed by atoms with Crippen molar-refractivity contribution >= 4 is 21.8 Å². The molecule has 0 aromatic carbocycles. The van der Waals surface area contributed by atoms with E-state index in [1.54, 1.807) is 12.4 Å². The van der Waals surface area contributed by atoms with Crippen molar-refractivity contribution < 1.29 is 9.53 Å². The SMILES string of the molecule is O=C(c1cncnc1)N1CCC(OCCBr)CC1. The average Bonchev–Trinajstić information content (AvgIpc) is 2.46. The Balaban J connectivity index is 1.84. The van der Waals surface area contributed by atoms with Gasteiger partial charge >= 0.3 is 0 Å². The number of alkyl halides is 1. The molecule has 0 radical (unpaired) electrons. The fraction of sp³-hybridized carbons (Fsp3) is 0.583. The molecule has 1 aromatic heterocycles. The van der Waals surface area contributed by atoms with Crippen LogP contribution in [0.1, 0.15) is 23.2 Å². The fourth-order valence-corrected chi connectivity index (χ4v) is 2.22. The summed E-state index contributed by atoms with van der Waals surface area (Å²) in [6.07, 6.45) is 6.61. The van der Waals surface area contributed by atoms with Crippen LogP contribution in [0.25, 0.3) is 0 Å². The molecule has 0 unspecified atom stereocenters. The molecule has 2 heterocycles. The fourth-order valence-electron chi connectivity index (χ4n) is 2.03. The molecule has 5 nitrogen and oxygen atoms in total. The Morgan fingerprint density at radius 3 is 2.67 bits per heavy atom. The lowest BCUT2D eigenvalue weighted by atomic mass is 10.1. The monoisotopic (exact) mass is 313 g/mol. The van der Waals surface area contributed by atoms with Crippen LogP contribution < -0.4 is 0 Å². The first kappa shape index (κ1) is 13.4. The number of amides is 1. The second-order valence-corrected chi connectivity index (χ2v) is 4.97. The Labute approximate surface area is 115 Å². The van der Waals surface area contributed by atoms with Crippen LogP contribution >= 0.6 is 15.9 Å². The van der Waals surface area contributed by atoms with Gasteiger partial charge in [-0.15, -0.1) is 0 Å². The zero-order chi connectivity index (χ0) is 12.8. The molecule has 18 heavy (non-hydrogen) atoms. The highest BCUT2D eigenvalue weighted by atomic mass is 79.9. The largest absolute Gasteiger partial charge is 0.377 e. The summed E-state index contributed by atoms with van der Waals surface area (Å²) in [4.78, 5) is 21.7. The van der Waals surface area contributed by atoms with E-state index >= 15 is 0 Å². The summed E-state index contributed by atoms with van der Waals surface area (Å²) >= 11 is 3.34. The topological polar surface area (TPSA) is 55.3 Å². The van der Waals surface area contributed by atoms with Crippen molar-refractivity contribution in [3.05, 3.63) is 24.3 Å². The second kappa shape index (κ2) is 6.80. The molecule has 0 saturated carbocycles. The third kappa shape index (κ3) is 3.49. The molecule has 1 aliphatic heterocycles. The molecule has 0 atom stereocenters. The number of carbonyl (C=O) groups is 1. The van der Waals surface area contributed by atoms with Crippen LogP contribution in [-0.4, -0.2) is 51.9 Å². The first-order valence-corrected chi connectivity index (χ1v) is 7.15. The number of rotatable bonds is 4. The number of hydrogen-bond donors (Lipinski definition) is 0. The van der Waals surface area contributed by atoms with Gasteiger partial charge in [-0.05, 0) is 12.8 Å². The first-order chi connectivity index (χ1) is 8.81. The maximum absolute atomic E-state index is 12.1. The molecule has 1 fully saturated rings. The standard InChI is InChI=1S/C12H16BrN3O2/c13-3-6-18-11-1-4-16(5-2-11)12(17)10-7-14-9-15-8-10/h7-9,11H,1-6H2. The van der Waals surface area contributed by atoms with Crippen LogP contribution in [0.15, 0.2) is 18.7 Å². The van der Waals surface area contributed by atoms with E-state index in [0.29, 0.717) is 5.56 Å². The minimum absolute atomic E-state index is 0.00883. The number of likely N-dealkylation sites (tertiary alicyclic amines) is 1. The Bertz CT molecular complexity index is 380. The molecule has 6 heteroatoms. The number of aromatic nitrogens is 2. The van der Waals surface area contributed by atoms with Gasteiger partial charge in [0.1, 0.15) is 6.33 Å². The molecule has 0 N–H and O–H groups in total. The lowest BCUT2D eigenvalue weighted by molar-refractivity contribution is 0.0160. The van der Waals surface area contributed by atoms with Gasteiger partial charge < -0.3 is 9.64 Å². The molecule has 2 rings (SSSR count). The summed E-state index contributed by atoms with van der Waals surface area (Å²) < 4.78 is 5.66. The predicted molar refractivity (Wildman–Crippen MR) is 70.7 cm³/mol. The van der Waals surface area contributed by atoms with Crippen LogP contribution in [0.3, 0.4) is 0 Å². The maximum Gasteiger partial charge on any atom is 0.256 e. The summed E-state index contributed by atoms with van der Waals surface area (Å²) in [6.45, 7) is 2.20.